The van der Waals surface area contributed by atoms with Crippen molar-refractivity contribution in [2.45, 2.75) is 94.9 Å². The van der Waals surface area contributed by atoms with Crippen LogP contribution in [0.1, 0.15) is 83.4 Å². The standard InChI is InChI=1S/C37H46N8O7/c1-36(2,51)30-21-39-43-45(30)27-20-29(33(48)42-37(31(46)32(38)47)14-16-52-17-15-37)44(22-27)34(49)28(18-23-8-4-3-5-9-23)41-35(50)40-26-13-12-24-10-6-7-11-25(24)19-26/h6-7,10-13,19,21,23,27,29,51H,3-5,8-9,14-18,20,22H2,1-2H3,(H2,38,47)(H,40,50)(H,42,48)/t27-,29-/m0/s1. The van der Waals surface area contributed by atoms with Crippen molar-refractivity contribution in [1.29, 1.82) is 0 Å². The predicted molar refractivity (Wildman–Crippen MR) is 191 cm³/mol. The van der Waals surface area contributed by atoms with Gasteiger partial charge in [-0.15, -0.1) is 5.10 Å². The van der Waals surface area contributed by atoms with E-state index >= 15 is 0 Å². The third kappa shape index (κ3) is 8.05. The minimum Gasteiger partial charge on any atom is -0.384 e. The molecule has 3 aromatic rings. The fraction of sp³-hybridized carbons (Fsp3) is 0.514. The summed E-state index contributed by atoms with van der Waals surface area (Å²) in [6.45, 7) is 3.37. The first-order valence-corrected chi connectivity index (χ1v) is 17.9. The van der Waals surface area contributed by atoms with Crippen molar-refractivity contribution in [3.63, 3.8) is 0 Å². The summed E-state index contributed by atoms with van der Waals surface area (Å²) in [5, 5.41) is 26.6. The SMILES string of the molecule is CC(C)(O)c1cnnn1[C@H]1C[C@@H](C(=O)NC2(C(=O)C(N)=O)CCOCC2)N(C(=O)C(CC2CCCCC2)=NC(=O)Nc2ccc3ccccc3c2)C1. The number of hydrogen-bond donors (Lipinski definition) is 4. The highest BCUT2D eigenvalue weighted by Crippen LogP contribution is 2.34. The second-order valence-electron chi connectivity index (χ2n) is 14.6. The maximum absolute atomic E-state index is 14.7. The molecule has 2 aliphatic heterocycles. The Bertz CT molecular complexity index is 1870. The van der Waals surface area contributed by atoms with Crippen molar-refractivity contribution in [3.8, 4) is 0 Å². The van der Waals surface area contributed by atoms with Gasteiger partial charge in [0, 0.05) is 44.7 Å². The molecule has 276 valence electrons. The number of anilines is 1. The molecule has 5 N–H and O–H groups in total. The van der Waals surface area contributed by atoms with E-state index in [-0.39, 0.29) is 57.1 Å². The summed E-state index contributed by atoms with van der Waals surface area (Å²) in [5.41, 5.74) is 3.38. The van der Waals surface area contributed by atoms with Gasteiger partial charge in [0.25, 0.3) is 11.8 Å². The maximum atomic E-state index is 14.7. The molecule has 3 fully saturated rings. The molecule has 2 aromatic carbocycles. The molecule has 15 heteroatoms. The van der Waals surface area contributed by atoms with Gasteiger partial charge >= 0.3 is 6.03 Å². The predicted octanol–water partition coefficient (Wildman–Crippen LogP) is 3.16. The first kappa shape index (κ1) is 36.8. The monoisotopic (exact) mass is 714 g/mol. The number of aliphatic imine (C=N–C) groups is 1. The van der Waals surface area contributed by atoms with Crippen molar-refractivity contribution < 1.29 is 33.8 Å². The van der Waals surface area contributed by atoms with Gasteiger partial charge in [-0.05, 0) is 49.1 Å². The van der Waals surface area contributed by atoms with E-state index in [1.165, 1.54) is 15.8 Å². The van der Waals surface area contributed by atoms with E-state index < -0.39 is 52.8 Å². The van der Waals surface area contributed by atoms with Crippen LogP contribution in [0.25, 0.3) is 10.8 Å². The van der Waals surface area contributed by atoms with Gasteiger partial charge in [-0.25, -0.2) is 9.48 Å². The molecule has 5 amide bonds. The van der Waals surface area contributed by atoms with E-state index in [4.69, 9.17) is 10.5 Å². The van der Waals surface area contributed by atoms with Gasteiger partial charge in [-0.3, -0.25) is 19.2 Å². The highest BCUT2D eigenvalue weighted by molar-refractivity contribution is 6.41. The van der Waals surface area contributed by atoms with Crippen molar-refractivity contribution >= 4 is 51.7 Å². The van der Waals surface area contributed by atoms with Crippen molar-refractivity contribution in [1.82, 2.24) is 25.2 Å². The fourth-order valence-electron chi connectivity index (χ4n) is 7.65. The third-order valence-corrected chi connectivity index (χ3v) is 10.4. The van der Waals surface area contributed by atoms with Gasteiger partial charge < -0.3 is 31.1 Å². The topological polar surface area (TPSA) is 211 Å². The van der Waals surface area contributed by atoms with Crippen molar-refractivity contribution in [3.05, 3.63) is 54.4 Å². The van der Waals surface area contributed by atoms with E-state index in [2.05, 4.69) is 25.9 Å². The van der Waals surface area contributed by atoms with Crippen LogP contribution in [-0.4, -0.2) is 91.6 Å². The van der Waals surface area contributed by atoms with Gasteiger partial charge in [0.05, 0.1) is 17.9 Å². The number of carbonyl (C=O) groups excluding carboxylic acids is 5. The largest absolute Gasteiger partial charge is 0.384 e. The molecule has 3 aliphatic rings. The lowest BCUT2D eigenvalue weighted by Gasteiger charge is -2.37. The lowest BCUT2D eigenvalue weighted by Crippen LogP contribution is -2.63. The van der Waals surface area contributed by atoms with E-state index in [9.17, 15) is 29.1 Å². The number of aromatic nitrogens is 3. The Labute approximate surface area is 301 Å². The van der Waals surface area contributed by atoms with Gasteiger partial charge in [0.1, 0.15) is 22.9 Å². The number of nitrogens with two attached hydrogens (primary N) is 1. The Kier molecular flexibility index (Phi) is 10.8. The first-order chi connectivity index (χ1) is 24.8. The lowest BCUT2D eigenvalue weighted by atomic mass is 9.84. The number of nitrogens with one attached hydrogen (secondary N) is 2. The van der Waals surface area contributed by atoms with Crippen molar-refractivity contribution in [2.24, 2.45) is 16.6 Å². The zero-order valence-corrected chi connectivity index (χ0v) is 29.5. The normalized spacial score (nSPS) is 21.1. The number of carbonyl (C=O) groups is 5. The van der Waals surface area contributed by atoms with E-state index in [1.54, 1.807) is 19.9 Å². The molecular formula is C37H46N8O7. The number of aliphatic hydroxyl groups is 1. The number of Topliss-reactive ketones (excluding diaryl/α,β-unsaturated/α-hetero) is 1. The smallest absolute Gasteiger partial charge is 0.345 e. The summed E-state index contributed by atoms with van der Waals surface area (Å²) < 4.78 is 6.92. The maximum Gasteiger partial charge on any atom is 0.345 e. The number of primary amides is 1. The average molecular weight is 715 g/mol. The number of nitrogens with zero attached hydrogens (tertiary/aromatic N) is 5. The second kappa shape index (κ2) is 15.3. The Morgan fingerprint density at radius 2 is 1.75 bits per heavy atom. The number of amides is 5. The van der Waals surface area contributed by atoms with Crippen LogP contribution in [-0.2, 0) is 29.5 Å². The van der Waals surface area contributed by atoms with Gasteiger partial charge in [0.2, 0.25) is 11.7 Å². The van der Waals surface area contributed by atoms with Gasteiger partial charge in [-0.2, -0.15) is 4.99 Å². The molecule has 0 radical (unpaired) electrons. The Balaban J connectivity index is 1.33. The number of ether oxygens (including phenoxy) is 1. The summed E-state index contributed by atoms with van der Waals surface area (Å²) in [4.78, 5) is 73.4. The summed E-state index contributed by atoms with van der Waals surface area (Å²) in [6, 6.07) is 10.7. The van der Waals surface area contributed by atoms with Crippen LogP contribution >= 0.6 is 0 Å². The molecule has 0 spiro atoms. The van der Waals surface area contributed by atoms with Crippen LogP contribution in [0.3, 0.4) is 0 Å². The lowest BCUT2D eigenvalue weighted by molar-refractivity contribution is -0.146. The molecule has 1 aromatic heterocycles. The summed E-state index contributed by atoms with van der Waals surface area (Å²) in [6.07, 6.45) is 6.59. The van der Waals surface area contributed by atoms with Crippen LogP contribution in [0.15, 0.2) is 53.7 Å². The zero-order chi connectivity index (χ0) is 37.0. The molecule has 1 saturated carbocycles. The number of benzene rings is 2. The Hall–Kier alpha value is -5.02. The van der Waals surface area contributed by atoms with Crippen LogP contribution in [0.5, 0.6) is 0 Å². The summed E-state index contributed by atoms with van der Waals surface area (Å²) in [7, 11) is 0. The molecule has 3 heterocycles. The highest BCUT2D eigenvalue weighted by atomic mass is 16.5. The van der Waals surface area contributed by atoms with Crippen LogP contribution in [0.4, 0.5) is 10.5 Å². The number of rotatable bonds is 10. The molecule has 2 saturated heterocycles. The molecule has 0 bridgehead atoms. The number of fused-ring (bicyclic) bond motifs is 1. The van der Waals surface area contributed by atoms with Crippen molar-refractivity contribution in [2.75, 3.05) is 25.1 Å². The van der Waals surface area contributed by atoms with Crippen LogP contribution in [0.2, 0.25) is 0 Å². The van der Waals surface area contributed by atoms with Crippen LogP contribution < -0.4 is 16.4 Å². The number of hydrogen-bond acceptors (Lipinski definition) is 9. The minimum atomic E-state index is -1.60. The minimum absolute atomic E-state index is 0.0129. The summed E-state index contributed by atoms with van der Waals surface area (Å²) >= 11 is 0. The van der Waals surface area contributed by atoms with Gasteiger partial charge in [-0.1, -0.05) is 67.6 Å². The Morgan fingerprint density at radius 3 is 2.44 bits per heavy atom. The molecular weight excluding hydrogens is 668 g/mol. The number of ketones is 1. The average Bonchev–Trinajstić information content (AvgIpc) is 3.80. The molecule has 1 aliphatic carbocycles. The third-order valence-electron chi connectivity index (χ3n) is 10.4. The molecule has 6 rings (SSSR count). The van der Waals surface area contributed by atoms with Crippen LogP contribution in [0, 0.1) is 5.92 Å². The highest BCUT2D eigenvalue weighted by Gasteiger charge is 2.49. The first-order valence-electron chi connectivity index (χ1n) is 17.9. The van der Waals surface area contributed by atoms with E-state index in [1.807, 2.05) is 36.4 Å². The quantitative estimate of drug-likeness (QED) is 0.179. The molecule has 15 nitrogen and oxygen atoms in total. The van der Waals surface area contributed by atoms with E-state index in [0.717, 1.165) is 42.9 Å². The number of likely N-dealkylation sites (tertiary alicyclic amines) is 1. The Morgan fingerprint density at radius 1 is 1.04 bits per heavy atom. The second-order valence-corrected chi connectivity index (χ2v) is 14.6. The fourth-order valence-corrected chi connectivity index (χ4v) is 7.65. The summed E-state index contributed by atoms with van der Waals surface area (Å²) in [5.74, 6) is -3.28. The molecule has 0 unspecified atom stereocenters. The molecule has 2 atom stereocenters. The van der Waals surface area contributed by atoms with Gasteiger partial charge in [0.15, 0.2) is 0 Å². The van der Waals surface area contributed by atoms with E-state index in [0.29, 0.717) is 11.4 Å². The molecule has 52 heavy (non-hydrogen) atoms. The zero-order valence-electron chi connectivity index (χ0n) is 29.5. The number of urea groups is 1.